The average Bonchev–Trinajstić information content (AvgIpc) is 2.45. The minimum absolute atomic E-state index is 0.302. The van der Waals surface area contributed by atoms with Crippen molar-refractivity contribution in [3.05, 3.63) is 29.3 Å². The number of benzene rings is 1. The molecule has 0 fully saturated rings. The number of nitrogens with zero attached hydrogens (tertiary/aromatic N) is 1. The number of hydrogen-bond donors (Lipinski definition) is 2. The topological polar surface area (TPSA) is 55.3 Å². The van der Waals surface area contributed by atoms with Crippen LogP contribution in [0.1, 0.15) is 51.7 Å². The van der Waals surface area contributed by atoms with Gasteiger partial charge >= 0.3 is 0 Å². The lowest BCUT2D eigenvalue weighted by molar-refractivity contribution is 0.296. The van der Waals surface area contributed by atoms with Crippen molar-refractivity contribution >= 4 is 5.69 Å². The molecule has 0 radical (unpaired) electrons. The first-order chi connectivity index (χ1) is 9.02. The van der Waals surface area contributed by atoms with Gasteiger partial charge < -0.3 is 11.5 Å². The Kier molecular flexibility index (Phi) is 5.83. The Hall–Kier alpha value is -1.06. The van der Waals surface area contributed by atoms with Crippen molar-refractivity contribution in [2.24, 2.45) is 5.73 Å². The normalized spacial score (nSPS) is 12.1. The molecule has 3 heteroatoms. The van der Waals surface area contributed by atoms with Gasteiger partial charge in [-0.25, -0.2) is 0 Å². The van der Waals surface area contributed by atoms with Crippen molar-refractivity contribution in [3.63, 3.8) is 0 Å². The molecule has 0 aliphatic heterocycles. The highest BCUT2D eigenvalue weighted by molar-refractivity contribution is 5.56. The second kappa shape index (κ2) is 6.92. The third kappa shape index (κ3) is 3.48. The van der Waals surface area contributed by atoms with E-state index < -0.39 is 0 Å². The maximum atomic E-state index is 6.49. The Morgan fingerprint density at radius 2 is 1.63 bits per heavy atom. The lowest BCUT2D eigenvalue weighted by Gasteiger charge is -2.30. The Labute approximate surface area is 118 Å². The molecule has 0 amide bonds. The maximum absolute atomic E-state index is 6.49. The average molecular weight is 263 g/mol. The summed E-state index contributed by atoms with van der Waals surface area (Å²) in [5.41, 5.74) is 15.7. The fourth-order valence-electron chi connectivity index (χ4n) is 2.50. The first kappa shape index (κ1) is 16.0. The molecular weight excluding hydrogens is 234 g/mol. The zero-order chi connectivity index (χ0) is 14.5. The molecule has 3 nitrogen and oxygen atoms in total. The van der Waals surface area contributed by atoms with Gasteiger partial charge in [0.25, 0.3) is 0 Å². The van der Waals surface area contributed by atoms with Gasteiger partial charge in [-0.1, -0.05) is 45.9 Å². The highest BCUT2D eigenvalue weighted by Gasteiger charge is 2.26. The van der Waals surface area contributed by atoms with Gasteiger partial charge in [0.2, 0.25) is 0 Å². The standard InChI is InChI=1S/C16H29N3/c1-5-16(18,6-2)14-11-9-10-13(15(14)17)12-19(7-3)8-4/h9-11H,5-8,12,17-18H2,1-4H3. The molecule has 0 bridgehead atoms. The van der Waals surface area contributed by atoms with Crippen LogP contribution >= 0.6 is 0 Å². The van der Waals surface area contributed by atoms with Crippen LogP contribution in [-0.2, 0) is 12.1 Å². The molecule has 0 heterocycles. The van der Waals surface area contributed by atoms with E-state index in [4.69, 9.17) is 11.5 Å². The van der Waals surface area contributed by atoms with E-state index in [0.717, 1.165) is 43.7 Å². The summed E-state index contributed by atoms with van der Waals surface area (Å²) in [6.07, 6.45) is 1.81. The number of hydrogen-bond acceptors (Lipinski definition) is 3. The minimum atomic E-state index is -0.302. The van der Waals surface area contributed by atoms with Crippen molar-refractivity contribution < 1.29 is 0 Å². The predicted octanol–water partition coefficient (Wildman–Crippen LogP) is 3.08. The molecule has 0 atom stereocenters. The van der Waals surface area contributed by atoms with Crippen LogP contribution in [0.3, 0.4) is 0 Å². The third-order valence-electron chi connectivity index (χ3n) is 4.28. The van der Waals surface area contributed by atoms with Gasteiger partial charge in [0.15, 0.2) is 0 Å². The molecule has 1 aromatic rings. The molecule has 0 aliphatic rings. The summed E-state index contributed by atoms with van der Waals surface area (Å²) in [4.78, 5) is 2.37. The molecule has 0 aromatic heterocycles. The van der Waals surface area contributed by atoms with E-state index >= 15 is 0 Å². The Morgan fingerprint density at radius 3 is 2.11 bits per heavy atom. The van der Waals surface area contributed by atoms with Gasteiger partial charge in [0.1, 0.15) is 0 Å². The molecule has 4 N–H and O–H groups in total. The summed E-state index contributed by atoms with van der Waals surface area (Å²) >= 11 is 0. The molecule has 19 heavy (non-hydrogen) atoms. The number of rotatable bonds is 7. The smallest absolute Gasteiger partial charge is 0.0424 e. The zero-order valence-corrected chi connectivity index (χ0v) is 12.9. The van der Waals surface area contributed by atoms with E-state index in [-0.39, 0.29) is 5.54 Å². The number of nitrogens with two attached hydrogens (primary N) is 2. The largest absolute Gasteiger partial charge is 0.398 e. The predicted molar refractivity (Wildman–Crippen MR) is 83.9 cm³/mol. The van der Waals surface area contributed by atoms with E-state index in [0.29, 0.717) is 0 Å². The zero-order valence-electron chi connectivity index (χ0n) is 12.9. The van der Waals surface area contributed by atoms with E-state index in [9.17, 15) is 0 Å². The molecule has 1 rings (SSSR count). The Morgan fingerprint density at radius 1 is 1.05 bits per heavy atom. The number of para-hydroxylation sites is 1. The van der Waals surface area contributed by atoms with Crippen molar-refractivity contribution in [2.45, 2.75) is 52.6 Å². The van der Waals surface area contributed by atoms with Gasteiger partial charge in [-0.2, -0.15) is 0 Å². The van der Waals surface area contributed by atoms with Crippen LogP contribution in [0.5, 0.6) is 0 Å². The van der Waals surface area contributed by atoms with Crippen molar-refractivity contribution in [3.8, 4) is 0 Å². The molecule has 108 valence electrons. The van der Waals surface area contributed by atoms with Crippen molar-refractivity contribution in [2.75, 3.05) is 18.8 Å². The SMILES string of the molecule is CCN(CC)Cc1cccc(C(N)(CC)CC)c1N. The van der Waals surface area contributed by atoms with Gasteiger partial charge in [0.05, 0.1) is 0 Å². The molecule has 1 aromatic carbocycles. The Bertz CT molecular complexity index is 393. The first-order valence-electron chi connectivity index (χ1n) is 7.41. The van der Waals surface area contributed by atoms with Crippen molar-refractivity contribution in [1.29, 1.82) is 0 Å². The van der Waals surface area contributed by atoms with Crippen LogP contribution in [0.25, 0.3) is 0 Å². The molecule has 0 saturated carbocycles. The van der Waals surface area contributed by atoms with Crippen LogP contribution in [0.4, 0.5) is 5.69 Å². The van der Waals surface area contributed by atoms with E-state index in [1.54, 1.807) is 0 Å². The van der Waals surface area contributed by atoms with Gasteiger partial charge in [-0.3, -0.25) is 4.90 Å². The van der Waals surface area contributed by atoms with Crippen LogP contribution in [0, 0.1) is 0 Å². The van der Waals surface area contributed by atoms with Gasteiger partial charge in [-0.15, -0.1) is 0 Å². The summed E-state index contributed by atoms with van der Waals surface area (Å²) in [6, 6.07) is 6.27. The quantitative estimate of drug-likeness (QED) is 0.743. The van der Waals surface area contributed by atoms with Gasteiger partial charge in [0, 0.05) is 17.8 Å². The fraction of sp³-hybridized carbons (Fsp3) is 0.625. The highest BCUT2D eigenvalue weighted by atomic mass is 15.1. The maximum Gasteiger partial charge on any atom is 0.0424 e. The van der Waals surface area contributed by atoms with Crippen LogP contribution in [0.15, 0.2) is 18.2 Å². The van der Waals surface area contributed by atoms with Crippen LogP contribution < -0.4 is 11.5 Å². The second-order valence-corrected chi connectivity index (χ2v) is 5.20. The van der Waals surface area contributed by atoms with Crippen LogP contribution in [-0.4, -0.2) is 18.0 Å². The fourth-order valence-corrected chi connectivity index (χ4v) is 2.50. The summed E-state index contributed by atoms with van der Waals surface area (Å²) < 4.78 is 0. The summed E-state index contributed by atoms with van der Waals surface area (Å²) in [5, 5.41) is 0. The van der Waals surface area contributed by atoms with E-state index in [1.807, 2.05) is 0 Å². The molecule has 0 spiro atoms. The summed E-state index contributed by atoms with van der Waals surface area (Å²) in [7, 11) is 0. The lowest BCUT2D eigenvalue weighted by atomic mass is 9.83. The third-order valence-corrected chi connectivity index (χ3v) is 4.28. The first-order valence-corrected chi connectivity index (χ1v) is 7.41. The summed E-state index contributed by atoms with van der Waals surface area (Å²) in [6.45, 7) is 11.6. The molecular formula is C16H29N3. The number of anilines is 1. The van der Waals surface area contributed by atoms with Crippen molar-refractivity contribution in [1.82, 2.24) is 4.90 Å². The highest BCUT2D eigenvalue weighted by Crippen LogP contribution is 2.32. The van der Waals surface area contributed by atoms with Crippen LogP contribution in [0.2, 0.25) is 0 Å². The Balaban J connectivity index is 3.11. The minimum Gasteiger partial charge on any atom is -0.398 e. The monoisotopic (exact) mass is 263 g/mol. The molecule has 0 aliphatic carbocycles. The lowest BCUT2D eigenvalue weighted by Crippen LogP contribution is -2.36. The molecule has 0 unspecified atom stereocenters. The van der Waals surface area contributed by atoms with Gasteiger partial charge in [-0.05, 0) is 37.1 Å². The molecule has 0 saturated heterocycles. The second-order valence-electron chi connectivity index (χ2n) is 5.20. The van der Waals surface area contributed by atoms with E-state index in [2.05, 4.69) is 50.8 Å². The summed E-state index contributed by atoms with van der Waals surface area (Å²) in [5.74, 6) is 0. The van der Waals surface area contributed by atoms with E-state index in [1.165, 1.54) is 5.56 Å². The number of nitrogen functional groups attached to an aromatic ring is 1.